The molecule has 6 nitrogen and oxygen atoms in total. The molecule has 2 saturated heterocycles. The largest absolute Gasteiger partial charge is 0.379 e. The Balaban J connectivity index is 1.24. The molecule has 1 aliphatic carbocycles. The lowest BCUT2D eigenvalue weighted by molar-refractivity contribution is 0.0332. The number of hydrogen-bond donors (Lipinski definition) is 0. The number of carbonyl (C=O) groups is 1. The molecule has 1 saturated carbocycles. The summed E-state index contributed by atoms with van der Waals surface area (Å²) in [7, 11) is 0. The van der Waals surface area contributed by atoms with E-state index in [9.17, 15) is 4.79 Å². The summed E-state index contributed by atoms with van der Waals surface area (Å²) < 4.78 is 7.38. The number of halogens is 1. The number of nitrogens with zero attached hydrogens (tertiary/aromatic N) is 4. The summed E-state index contributed by atoms with van der Waals surface area (Å²) in [6.07, 6.45) is 7.42. The quantitative estimate of drug-likeness (QED) is 0.650. The van der Waals surface area contributed by atoms with E-state index in [0.29, 0.717) is 11.8 Å². The van der Waals surface area contributed by atoms with Gasteiger partial charge in [0.15, 0.2) is 0 Å². The number of aromatic nitrogens is 2. The maximum Gasteiger partial charge on any atom is 0.257 e. The highest BCUT2D eigenvalue weighted by Crippen LogP contribution is 2.43. The zero-order valence-electron chi connectivity index (χ0n) is 18.9. The maximum atomic E-state index is 13.5. The number of piperidine rings is 1. The van der Waals surface area contributed by atoms with Crippen molar-refractivity contribution in [2.75, 3.05) is 45.9 Å². The smallest absolute Gasteiger partial charge is 0.257 e. The van der Waals surface area contributed by atoms with Crippen molar-refractivity contribution in [3.8, 4) is 5.69 Å². The highest BCUT2D eigenvalue weighted by Gasteiger charge is 2.35. The van der Waals surface area contributed by atoms with Gasteiger partial charge in [0.25, 0.3) is 5.91 Å². The van der Waals surface area contributed by atoms with E-state index in [1.54, 1.807) is 6.20 Å². The van der Waals surface area contributed by atoms with Crippen molar-refractivity contribution in [2.24, 2.45) is 5.92 Å². The number of aryl methyl sites for hydroxylation is 1. The second-order valence-corrected chi connectivity index (χ2v) is 9.95. The Labute approximate surface area is 195 Å². The Bertz CT molecular complexity index is 957. The Morgan fingerprint density at radius 3 is 2.56 bits per heavy atom. The predicted octanol–water partition coefficient (Wildman–Crippen LogP) is 4.29. The van der Waals surface area contributed by atoms with Crippen LogP contribution in [0.1, 0.15) is 59.6 Å². The normalized spacial score (nSPS) is 20.6. The van der Waals surface area contributed by atoms with Crippen LogP contribution in [-0.2, 0) is 4.74 Å². The molecule has 5 rings (SSSR count). The lowest BCUT2D eigenvalue weighted by atomic mass is 9.93. The first kappa shape index (κ1) is 21.9. The van der Waals surface area contributed by atoms with E-state index in [1.807, 2.05) is 34.7 Å². The van der Waals surface area contributed by atoms with Gasteiger partial charge in [-0.3, -0.25) is 9.69 Å². The number of morpholine rings is 1. The van der Waals surface area contributed by atoms with Gasteiger partial charge in [-0.05, 0) is 69.2 Å². The average molecular weight is 457 g/mol. The van der Waals surface area contributed by atoms with Crippen molar-refractivity contribution in [1.82, 2.24) is 19.6 Å². The molecule has 172 valence electrons. The number of ether oxygens (including phenoxy) is 1. The molecule has 0 bridgehead atoms. The van der Waals surface area contributed by atoms with E-state index >= 15 is 0 Å². The van der Waals surface area contributed by atoms with Gasteiger partial charge in [-0.2, -0.15) is 5.10 Å². The lowest BCUT2D eigenvalue weighted by Gasteiger charge is -2.34. The van der Waals surface area contributed by atoms with E-state index in [-0.39, 0.29) is 5.91 Å². The minimum absolute atomic E-state index is 0.142. The van der Waals surface area contributed by atoms with Crippen molar-refractivity contribution in [3.63, 3.8) is 0 Å². The SMILES string of the molecule is Cc1ccc(-n2ncc(C(=O)N3CCC(CCN4CCOCC4)CC3)c2C2CC2)cc1Cl. The number of carbonyl (C=O) groups excluding carboxylic acids is 1. The fourth-order valence-corrected chi connectivity index (χ4v) is 5.15. The fraction of sp³-hybridized carbons (Fsp3) is 0.600. The van der Waals surface area contributed by atoms with Gasteiger partial charge in [-0.25, -0.2) is 4.68 Å². The van der Waals surface area contributed by atoms with Crippen molar-refractivity contribution >= 4 is 17.5 Å². The monoisotopic (exact) mass is 456 g/mol. The lowest BCUT2D eigenvalue weighted by Crippen LogP contribution is -2.41. The van der Waals surface area contributed by atoms with Crippen LogP contribution < -0.4 is 0 Å². The molecule has 7 heteroatoms. The third kappa shape index (κ3) is 4.73. The van der Waals surface area contributed by atoms with Gasteiger partial charge in [0.05, 0.1) is 36.4 Å². The van der Waals surface area contributed by atoms with Crippen LogP contribution in [0.4, 0.5) is 0 Å². The molecule has 0 atom stereocenters. The fourth-order valence-electron chi connectivity index (χ4n) is 4.98. The number of likely N-dealkylation sites (tertiary alicyclic amines) is 1. The van der Waals surface area contributed by atoms with Crippen molar-refractivity contribution < 1.29 is 9.53 Å². The zero-order valence-corrected chi connectivity index (χ0v) is 19.7. The summed E-state index contributed by atoms with van der Waals surface area (Å²) in [6.45, 7) is 8.67. The molecule has 0 N–H and O–H groups in total. The van der Waals surface area contributed by atoms with E-state index in [2.05, 4.69) is 10.00 Å². The molecule has 2 aliphatic heterocycles. The first-order valence-corrected chi connectivity index (χ1v) is 12.4. The molecule has 3 fully saturated rings. The summed E-state index contributed by atoms with van der Waals surface area (Å²) >= 11 is 6.37. The molecular weight excluding hydrogens is 424 g/mol. The van der Waals surface area contributed by atoms with Gasteiger partial charge >= 0.3 is 0 Å². The van der Waals surface area contributed by atoms with Crippen LogP contribution in [0.3, 0.4) is 0 Å². The Morgan fingerprint density at radius 1 is 1.12 bits per heavy atom. The second-order valence-electron chi connectivity index (χ2n) is 9.54. The molecule has 2 aromatic rings. The maximum absolute atomic E-state index is 13.5. The van der Waals surface area contributed by atoms with Gasteiger partial charge in [0.2, 0.25) is 0 Å². The topological polar surface area (TPSA) is 50.6 Å². The van der Waals surface area contributed by atoms with Gasteiger partial charge in [-0.15, -0.1) is 0 Å². The standard InChI is InChI=1S/C25H33ClN4O2/c1-18-2-5-21(16-23(18)26)30-24(20-3-4-20)22(17-27-30)25(31)29-10-7-19(8-11-29)6-9-28-12-14-32-15-13-28/h2,5,16-17,19-20H,3-4,6-15H2,1H3. The third-order valence-electron chi connectivity index (χ3n) is 7.26. The number of hydrogen-bond acceptors (Lipinski definition) is 4. The van der Waals surface area contributed by atoms with Gasteiger partial charge in [0, 0.05) is 37.1 Å². The minimum atomic E-state index is 0.142. The van der Waals surface area contributed by atoms with Gasteiger partial charge in [-0.1, -0.05) is 17.7 Å². The highest BCUT2D eigenvalue weighted by atomic mass is 35.5. The Morgan fingerprint density at radius 2 is 1.88 bits per heavy atom. The van der Waals surface area contributed by atoms with Crippen LogP contribution in [0.25, 0.3) is 5.69 Å². The van der Waals surface area contributed by atoms with Crippen molar-refractivity contribution in [3.05, 3.63) is 46.2 Å². The summed E-state index contributed by atoms with van der Waals surface area (Å²) in [6, 6.07) is 6.00. The van der Waals surface area contributed by atoms with E-state index in [1.165, 1.54) is 6.42 Å². The molecule has 3 heterocycles. The third-order valence-corrected chi connectivity index (χ3v) is 7.67. The van der Waals surface area contributed by atoms with Crippen LogP contribution in [0.2, 0.25) is 5.02 Å². The summed E-state index contributed by atoms with van der Waals surface area (Å²) in [5.74, 6) is 1.27. The first-order chi connectivity index (χ1) is 15.6. The van der Waals surface area contributed by atoms with Gasteiger partial charge < -0.3 is 9.64 Å². The van der Waals surface area contributed by atoms with Crippen molar-refractivity contribution in [2.45, 2.75) is 44.9 Å². The second kappa shape index (κ2) is 9.54. The van der Waals surface area contributed by atoms with E-state index in [4.69, 9.17) is 16.3 Å². The van der Waals surface area contributed by atoms with Crippen LogP contribution in [-0.4, -0.2) is 71.4 Å². The minimum Gasteiger partial charge on any atom is -0.379 e. The molecule has 0 unspecified atom stereocenters. The average Bonchev–Trinajstić information content (AvgIpc) is 3.58. The molecule has 32 heavy (non-hydrogen) atoms. The molecular formula is C25H33ClN4O2. The molecule has 3 aliphatic rings. The predicted molar refractivity (Wildman–Crippen MR) is 126 cm³/mol. The number of amides is 1. The highest BCUT2D eigenvalue weighted by molar-refractivity contribution is 6.31. The van der Waals surface area contributed by atoms with E-state index < -0.39 is 0 Å². The molecule has 0 radical (unpaired) electrons. The summed E-state index contributed by atoms with van der Waals surface area (Å²) in [5.41, 5.74) is 3.81. The summed E-state index contributed by atoms with van der Waals surface area (Å²) in [4.78, 5) is 18.0. The Kier molecular flexibility index (Phi) is 6.54. The van der Waals surface area contributed by atoms with Crippen LogP contribution in [0.15, 0.2) is 24.4 Å². The van der Waals surface area contributed by atoms with Crippen LogP contribution in [0.5, 0.6) is 0 Å². The molecule has 1 aromatic carbocycles. The van der Waals surface area contributed by atoms with E-state index in [0.717, 1.165) is 99.2 Å². The first-order valence-electron chi connectivity index (χ1n) is 12.0. The molecule has 1 aromatic heterocycles. The summed E-state index contributed by atoms with van der Waals surface area (Å²) in [5, 5.41) is 5.35. The van der Waals surface area contributed by atoms with Gasteiger partial charge in [0.1, 0.15) is 0 Å². The number of rotatable bonds is 6. The van der Waals surface area contributed by atoms with Crippen LogP contribution in [0, 0.1) is 12.8 Å². The molecule has 1 amide bonds. The number of benzene rings is 1. The Hall–Kier alpha value is -1.89. The van der Waals surface area contributed by atoms with Crippen LogP contribution >= 0.6 is 11.6 Å². The molecule has 0 spiro atoms. The zero-order chi connectivity index (χ0) is 22.1. The van der Waals surface area contributed by atoms with Crippen molar-refractivity contribution in [1.29, 1.82) is 0 Å².